The van der Waals surface area contributed by atoms with E-state index in [4.69, 9.17) is 9.47 Å². The summed E-state index contributed by atoms with van der Waals surface area (Å²) in [7, 11) is 1.98. The summed E-state index contributed by atoms with van der Waals surface area (Å²) in [4.78, 5) is 0. The molecule has 1 atom stereocenters. The molecule has 1 rings (SSSR count). The number of nitrogens with one attached hydrogen (secondary N) is 1. The highest BCUT2D eigenvalue weighted by Gasteiger charge is 2.09. The molecule has 1 aromatic carbocycles. The van der Waals surface area contributed by atoms with Crippen LogP contribution in [-0.2, 0) is 11.2 Å². The van der Waals surface area contributed by atoms with Gasteiger partial charge in [0.25, 0.3) is 0 Å². The molecule has 0 amide bonds. The second kappa shape index (κ2) is 7.51. The van der Waals surface area contributed by atoms with Gasteiger partial charge in [0.05, 0.1) is 12.2 Å². The van der Waals surface area contributed by atoms with Crippen LogP contribution in [0.1, 0.15) is 33.3 Å². The van der Waals surface area contributed by atoms with E-state index in [1.54, 1.807) is 0 Å². The summed E-state index contributed by atoms with van der Waals surface area (Å²) >= 11 is 0. The minimum atomic E-state index is -0.101. The zero-order valence-electron chi connectivity index (χ0n) is 12.8. The van der Waals surface area contributed by atoms with Crippen LogP contribution in [0.4, 0.5) is 0 Å². The van der Waals surface area contributed by atoms with Crippen molar-refractivity contribution < 1.29 is 9.47 Å². The predicted octanol–water partition coefficient (Wildman–Crippen LogP) is 3.03. The molecule has 108 valence electrons. The van der Waals surface area contributed by atoms with Crippen LogP contribution >= 0.6 is 0 Å². The third-order valence-corrected chi connectivity index (χ3v) is 2.85. The fraction of sp³-hybridized carbons (Fsp3) is 0.625. The maximum atomic E-state index is 5.65. The molecule has 0 aliphatic carbocycles. The summed E-state index contributed by atoms with van der Waals surface area (Å²) in [5, 5.41) is 3.24. The van der Waals surface area contributed by atoms with Gasteiger partial charge in [-0.3, -0.25) is 0 Å². The van der Waals surface area contributed by atoms with Crippen LogP contribution < -0.4 is 10.1 Å². The molecule has 0 spiro atoms. The smallest absolute Gasteiger partial charge is 0.119 e. The Kier molecular flexibility index (Phi) is 6.32. The Bertz CT molecular complexity index is 354. The molecule has 1 N–H and O–H groups in total. The zero-order chi connectivity index (χ0) is 14.3. The van der Waals surface area contributed by atoms with Gasteiger partial charge in [0.2, 0.25) is 0 Å². The fourth-order valence-corrected chi connectivity index (χ4v) is 1.68. The van der Waals surface area contributed by atoms with Crippen molar-refractivity contribution in [3.05, 3.63) is 29.8 Å². The number of hydrogen-bond acceptors (Lipinski definition) is 3. The lowest BCUT2D eigenvalue weighted by molar-refractivity contribution is -0.0163. The molecule has 3 nitrogen and oxygen atoms in total. The van der Waals surface area contributed by atoms with Crippen molar-refractivity contribution in [2.75, 3.05) is 20.3 Å². The molecule has 1 aromatic rings. The molecule has 3 heteroatoms. The number of ether oxygens (including phenoxy) is 2. The van der Waals surface area contributed by atoms with E-state index in [0.29, 0.717) is 19.3 Å². The number of hydrogen-bond donors (Lipinski definition) is 1. The van der Waals surface area contributed by atoms with Gasteiger partial charge >= 0.3 is 0 Å². The van der Waals surface area contributed by atoms with E-state index in [-0.39, 0.29) is 5.60 Å². The summed E-state index contributed by atoms with van der Waals surface area (Å²) in [6.45, 7) is 9.51. The topological polar surface area (TPSA) is 30.5 Å². The van der Waals surface area contributed by atoms with Crippen LogP contribution in [0.3, 0.4) is 0 Å². The molecule has 0 saturated carbocycles. The van der Waals surface area contributed by atoms with Crippen molar-refractivity contribution in [2.45, 2.75) is 45.8 Å². The van der Waals surface area contributed by atoms with Gasteiger partial charge in [0.1, 0.15) is 12.4 Å². The molecule has 19 heavy (non-hydrogen) atoms. The highest BCUT2D eigenvalue weighted by Crippen LogP contribution is 2.14. The normalized spacial score (nSPS) is 13.3. The van der Waals surface area contributed by atoms with Crippen molar-refractivity contribution in [1.29, 1.82) is 0 Å². The lowest BCUT2D eigenvalue weighted by Gasteiger charge is -2.19. The molecule has 0 heterocycles. The monoisotopic (exact) mass is 265 g/mol. The highest BCUT2D eigenvalue weighted by atomic mass is 16.5. The second-order valence-corrected chi connectivity index (χ2v) is 5.85. The highest BCUT2D eigenvalue weighted by molar-refractivity contribution is 5.27. The number of likely N-dealkylation sites (N-methyl/N-ethyl adjacent to an activating group) is 1. The molecule has 1 unspecified atom stereocenters. The first-order valence-electron chi connectivity index (χ1n) is 6.93. The van der Waals surface area contributed by atoms with Gasteiger partial charge in [-0.2, -0.15) is 0 Å². The summed E-state index contributed by atoms with van der Waals surface area (Å²) < 4.78 is 11.3. The van der Waals surface area contributed by atoms with Crippen LogP contribution in [0.5, 0.6) is 5.75 Å². The van der Waals surface area contributed by atoms with Crippen molar-refractivity contribution in [3.63, 3.8) is 0 Å². The SMILES string of the molecule is CNC(C)Cc1ccc(OCCOC(C)(C)C)cc1. The first-order valence-corrected chi connectivity index (χ1v) is 6.93. The molecule has 0 saturated heterocycles. The van der Waals surface area contributed by atoms with Crippen molar-refractivity contribution in [1.82, 2.24) is 5.32 Å². The molecule has 0 aliphatic rings. The Morgan fingerprint density at radius 2 is 1.74 bits per heavy atom. The van der Waals surface area contributed by atoms with Gasteiger partial charge in [0.15, 0.2) is 0 Å². The van der Waals surface area contributed by atoms with Crippen molar-refractivity contribution in [3.8, 4) is 5.75 Å². The lowest BCUT2D eigenvalue weighted by Crippen LogP contribution is -2.23. The summed E-state index contributed by atoms with van der Waals surface area (Å²) in [5.74, 6) is 0.901. The van der Waals surface area contributed by atoms with Gasteiger partial charge in [-0.15, -0.1) is 0 Å². The lowest BCUT2D eigenvalue weighted by atomic mass is 10.1. The fourth-order valence-electron chi connectivity index (χ4n) is 1.68. The van der Waals surface area contributed by atoms with E-state index in [0.717, 1.165) is 12.2 Å². The Morgan fingerprint density at radius 3 is 2.26 bits per heavy atom. The van der Waals surface area contributed by atoms with Gasteiger partial charge in [-0.05, 0) is 58.9 Å². The van der Waals surface area contributed by atoms with E-state index in [1.807, 2.05) is 40.0 Å². The van der Waals surface area contributed by atoms with Crippen molar-refractivity contribution in [2.24, 2.45) is 0 Å². The summed E-state index contributed by atoms with van der Waals surface area (Å²) in [6.07, 6.45) is 1.03. The standard InChI is InChI=1S/C16H27NO2/c1-13(17-5)12-14-6-8-15(9-7-14)18-10-11-19-16(2,3)4/h6-9,13,17H,10-12H2,1-5H3. The number of rotatable bonds is 7. The molecule has 0 aromatic heterocycles. The van der Waals surface area contributed by atoms with E-state index >= 15 is 0 Å². The van der Waals surface area contributed by atoms with E-state index < -0.39 is 0 Å². The average Bonchev–Trinajstić information content (AvgIpc) is 2.35. The summed E-state index contributed by atoms with van der Waals surface area (Å²) in [5.41, 5.74) is 1.22. The maximum absolute atomic E-state index is 5.65. The van der Waals surface area contributed by atoms with Crippen LogP contribution in [0.15, 0.2) is 24.3 Å². The first-order chi connectivity index (χ1) is 8.90. The largest absolute Gasteiger partial charge is 0.491 e. The minimum absolute atomic E-state index is 0.101. The third-order valence-electron chi connectivity index (χ3n) is 2.85. The molecule has 0 aliphatic heterocycles. The van der Waals surface area contributed by atoms with Crippen LogP contribution in [0.2, 0.25) is 0 Å². The maximum Gasteiger partial charge on any atom is 0.119 e. The first kappa shape index (κ1) is 16.0. The Balaban J connectivity index is 2.32. The quantitative estimate of drug-likeness (QED) is 0.769. The Hall–Kier alpha value is -1.06. The molecule has 0 bridgehead atoms. The molecule has 0 fully saturated rings. The van der Waals surface area contributed by atoms with E-state index in [1.165, 1.54) is 5.56 Å². The second-order valence-electron chi connectivity index (χ2n) is 5.85. The average molecular weight is 265 g/mol. The number of benzene rings is 1. The summed E-state index contributed by atoms with van der Waals surface area (Å²) in [6, 6.07) is 8.78. The van der Waals surface area contributed by atoms with Gasteiger partial charge in [-0.25, -0.2) is 0 Å². The van der Waals surface area contributed by atoms with Crippen LogP contribution in [0, 0.1) is 0 Å². The van der Waals surface area contributed by atoms with Gasteiger partial charge in [0, 0.05) is 6.04 Å². The Morgan fingerprint density at radius 1 is 1.11 bits per heavy atom. The van der Waals surface area contributed by atoms with Gasteiger partial charge in [-0.1, -0.05) is 12.1 Å². The Labute approximate surface area is 117 Å². The van der Waals surface area contributed by atoms with Gasteiger partial charge < -0.3 is 14.8 Å². The van der Waals surface area contributed by atoms with Crippen molar-refractivity contribution >= 4 is 0 Å². The third kappa shape index (κ3) is 7.19. The predicted molar refractivity (Wildman–Crippen MR) is 79.9 cm³/mol. The molecular weight excluding hydrogens is 238 g/mol. The van der Waals surface area contributed by atoms with E-state index in [2.05, 4.69) is 24.4 Å². The molecule has 0 radical (unpaired) electrons. The van der Waals surface area contributed by atoms with Crippen LogP contribution in [0.25, 0.3) is 0 Å². The minimum Gasteiger partial charge on any atom is -0.491 e. The van der Waals surface area contributed by atoms with Crippen LogP contribution in [-0.4, -0.2) is 31.9 Å². The molecular formula is C16H27NO2. The van der Waals surface area contributed by atoms with E-state index in [9.17, 15) is 0 Å². The zero-order valence-corrected chi connectivity index (χ0v) is 12.8.